The fourth-order valence-corrected chi connectivity index (χ4v) is 2.69. The van der Waals surface area contributed by atoms with Crippen molar-refractivity contribution in [3.63, 3.8) is 0 Å². The Labute approximate surface area is 108 Å². The number of rotatable bonds is 4. The van der Waals surface area contributed by atoms with Gasteiger partial charge in [0, 0.05) is 18.7 Å². The molecule has 1 saturated carbocycles. The van der Waals surface area contributed by atoms with Crippen molar-refractivity contribution in [3.8, 4) is 0 Å². The molecule has 18 heavy (non-hydrogen) atoms. The molecule has 1 aliphatic carbocycles. The summed E-state index contributed by atoms with van der Waals surface area (Å²) in [6.07, 6.45) is 7.98. The second kappa shape index (κ2) is 6.14. The first-order valence-electron chi connectivity index (χ1n) is 6.66. The molecule has 4 heteroatoms. The zero-order chi connectivity index (χ0) is 13.0. The Balaban J connectivity index is 1.83. The zero-order valence-corrected chi connectivity index (χ0v) is 11.2. The average molecular weight is 251 g/mol. The Hall–Kier alpha value is -1.16. The van der Waals surface area contributed by atoms with Crippen molar-refractivity contribution >= 4 is 5.69 Å². The molecular formula is C14H22FN3. The van der Waals surface area contributed by atoms with Gasteiger partial charge >= 0.3 is 0 Å². The third-order valence-electron chi connectivity index (χ3n) is 3.79. The lowest BCUT2D eigenvalue weighted by Gasteiger charge is -2.33. The molecule has 1 heterocycles. The fourth-order valence-electron chi connectivity index (χ4n) is 2.69. The highest BCUT2D eigenvalue weighted by Crippen LogP contribution is 2.26. The summed E-state index contributed by atoms with van der Waals surface area (Å²) in [5.41, 5.74) is 0.780. The molecule has 0 amide bonds. The number of hydrogen-bond donors (Lipinski definition) is 1. The van der Waals surface area contributed by atoms with E-state index in [-0.39, 0.29) is 5.82 Å². The summed E-state index contributed by atoms with van der Waals surface area (Å²) in [6.45, 7) is 0.912. The van der Waals surface area contributed by atoms with Crippen molar-refractivity contribution in [3.05, 3.63) is 24.3 Å². The first-order chi connectivity index (χ1) is 8.65. The molecule has 0 radical (unpaired) electrons. The van der Waals surface area contributed by atoms with Gasteiger partial charge in [0.1, 0.15) is 5.82 Å². The van der Waals surface area contributed by atoms with Gasteiger partial charge in [0.15, 0.2) is 0 Å². The van der Waals surface area contributed by atoms with Gasteiger partial charge in [-0.15, -0.1) is 0 Å². The van der Waals surface area contributed by atoms with Crippen LogP contribution in [0, 0.1) is 11.7 Å². The number of nitrogens with one attached hydrogen (secondary N) is 1. The summed E-state index contributed by atoms with van der Waals surface area (Å²) in [7, 11) is 4.30. The van der Waals surface area contributed by atoms with Crippen LogP contribution < -0.4 is 5.32 Å². The molecule has 1 aromatic rings. The van der Waals surface area contributed by atoms with Gasteiger partial charge in [-0.05, 0) is 39.3 Å². The molecule has 3 nitrogen and oxygen atoms in total. The first-order valence-corrected chi connectivity index (χ1v) is 6.66. The van der Waals surface area contributed by atoms with E-state index in [9.17, 15) is 4.39 Å². The molecule has 2 atom stereocenters. The van der Waals surface area contributed by atoms with Gasteiger partial charge in [-0.1, -0.05) is 6.42 Å². The van der Waals surface area contributed by atoms with E-state index in [1.807, 2.05) is 0 Å². The zero-order valence-electron chi connectivity index (χ0n) is 11.2. The molecule has 0 spiro atoms. The number of anilines is 1. The largest absolute Gasteiger partial charge is 0.383 e. The minimum absolute atomic E-state index is 0.283. The Morgan fingerprint density at radius 3 is 2.94 bits per heavy atom. The lowest BCUT2D eigenvalue weighted by molar-refractivity contribution is 0.190. The van der Waals surface area contributed by atoms with E-state index in [4.69, 9.17) is 0 Å². The standard InChI is InChI=1S/C14H22FN3/c1-18(2)14-5-3-4-11(6-14)8-17-13-7-12(15)9-16-10-13/h7,9-11,14,17H,3-6,8H2,1-2H3. The molecular weight excluding hydrogens is 229 g/mol. The van der Waals surface area contributed by atoms with Crippen LogP contribution in [-0.4, -0.2) is 36.6 Å². The lowest BCUT2D eigenvalue weighted by Crippen LogP contribution is -2.35. The molecule has 0 saturated heterocycles. The quantitative estimate of drug-likeness (QED) is 0.892. The van der Waals surface area contributed by atoms with Crippen LogP contribution in [0.3, 0.4) is 0 Å². The van der Waals surface area contributed by atoms with Crippen LogP contribution in [0.4, 0.5) is 10.1 Å². The van der Waals surface area contributed by atoms with Crippen LogP contribution in [0.2, 0.25) is 0 Å². The van der Waals surface area contributed by atoms with Gasteiger partial charge in [-0.25, -0.2) is 4.39 Å². The molecule has 0 aromatic carbocycles. The Morgan fingerprint density at radius 1 is 1.39 bits per heavy atom. The van der Waals surface area contributed by atoms with Gasteiger partial charge in [0.05, 0.1) is 18.1 Å². The van der Waals surface area contributed by atoms with E-state index in [1.165, 1.54) is 37.9 Å². The highest BCUT2D eigenvalue weighted by Gasteiger charge is 2.22. The Morgan fingerprint density at radius 2 is 2.22 bits per heavy atom. The van der Waals surface area contributed by atoms with E-state index >= 15 is 0 Å². The van der Waals surface area contributed by atoms with Crippen LogP contribution in [0.15, 0.2) is 18.5 Å². The molecule has 0 aliphatic heterocycles. The number of aromatic nitrogens is 1. The van der Waals surface area contributed by atoms with Crippen molar-refractivity contribution in [1.82, 2.24) is 9.88 Å². The lowest BCUT2D eigenvalue weighted by atomic mass is 9.85. The smallest absolute Gasteiger partial charge is 0.143 e. The van der Waals surface area contributed by atoms with Crippen molar-refractivity contribution in [1.29, 1.82) is 0 Å². The monoisotopic (exact) mass is 251 g/mol. The summed E-state index contributed by atoms with van der Waals surface area (Å²) < 4.78 is 13.0. The third kappa shape index (κ3) is 3.67. The molecule has 1 N–H and O–H groups in total. The maximum atomic E-state index is 13.0. The van der Waals surface area contributed by atoms with Gasteiger partial charge in [0.2, 0.25) is 0 Å². The predicted molar refractivity (Wildman–Crippen MR) is 72.1 cm³/mol. The van der Waals surface area contributed by atoms with E-state index < -0.39 is 0 Å². The Kier molecular flexibility index (Phi) is 4.53. The molecule has 2 rings (SSSR count). The molecule has 0 bridgehead atoms. The molecule has 1 aromatic heterocycles. The van der Waals surface area contributed by atoms with E-state index in [0.29, 0.717) is 12.0 Å². The summed E-state index contributed by atoms with van der Waals surface area (Å²) >= 11 is 0. The Bertz CT molecular complexity index is 381. The van der Waals surface area contributed by atoms with Crippen molar-refractivity contribution in [2.45, 2.75) is 31.7 Å². The minimum Gasteiger partial charge on any atom is -0.383 e. The fraction of sp³-hybridized carbons (Fsp3) is 0.643. The second-order valence-corrected chi connectivity index (χ2v) is 5.42. The predicted octanol–water partition coefficient (Wildman–Crippen LogP) is 2.75. The second-order valence-electron chi connectivity index (χ2n) is 5.42. The summed E-state index contributed by atoms with van der Waals surface area (Å²) in [4.78, 5) is 6.16. The van der Waals surface area contributed by atoms with Gasteiger partial charge in [-0.3, -0.25) is 4.98 Å². The van der Waals surface area contributed by atoms with Crippen LogP contribution in [0.25, 0.3) is 0 Å². The summed E-state index contributed by atoms with van der Waals surface area (Å²) in [6, 6.07) is 2.19. The van der Waals surface area contributed by atoms with E-state index in [1.54, 1.807) is 6.20 Å². The summed E-state index contributed by atoms with van der Waals surface area (Å²) in [5.74, 6) is 0.393. The van der Waals surface area contributed by atoms with Gasteiger partial charge in [0.25, 0.3) is 0 Å². The van der Waals surface area contributed by atoms with E-state index in [2.05, 4.69) is 29.3 Å². The third-order valence-corrected chi connectivity index (χ3v) is 3.79. The van der Waals surface area contributed by atoms with Crippen LogP contribution in [0.5, 0.6) is 0 Å². The van der Waals surface area contributed by atoms with E-state index in [0.717, 1.165) is 12.2 Å². The van der Waals surface area contributed by atoms with Gasteiger partial charge in [-0.2, -0.15) is 0 Å². The average Bonchev–Trinajstić information content (AvgIpc) is 2.37. The molecule has 1 fully saturated rings. The molecule has 2 unspecified atom stereocenters. The number of pyridine rings is 1. The van der Waals surface area contributed by atoms with Crippen LogP contribution >= 0.6 is 0 Å². The normalized spacial score (nSPS) is 24.2. The van der Waals surface area contributed by atoms with Crippen LogP contribution in [0.1, 0.15) is 25.7 Å². The maximum Gasteiger partial charge on any atom is 0.143 e. The van der Waals surface area contributed by atoms with Crippen molar-refractivity contribution < 1.29 is 4.39 Å². The number of nitrogens with zero attached hydrogens (tertiary/aromatic N) is 2. The topological polar surface area (TPSA) is 28.2 Å². The highest BCUT2D eigenvalue weighted by atomic mass is 19.1. The highest BCUT2D eigenvalue weighted by molar-refractivity contribution is 5.40. The van der Waals surface area contributed by atoms with Crippen LogP contribution in [-0.2, 0) is 0 Å². The number of halogens is 1. The van der Waals surface area contributed by atoms with Gasteiger partial charge < -0.3 is 10.2 Å². The molecule has 1 aliphatic rings. The number of hydrogen-bond acceptors (Lipinski definition) is 3. The minimum atomic E-state index is -0.283. The maximum absolute atomic E-state index is 13.0. The summed E-state index contributed by atoms with van der Waals surface area (Å²) in [5, 5.41) is 3.29. The SMILES string of the molecule is CN(C)C1CCCC(CNc2cncc(F)c2)C1. The van der Waals surface area contributed by atoms with Crippen molar-refractivity contribution in [2.24, 2.45) is 5.92 Å². The van der Waals surface area contributed by atoms with Crippen molar-refractivity contribution in [2.75, 3.05) is 26.0 Å². The molecule has 100 valence electrons. The first kappa shape index (κ1) is 13.3.